The molecule has 0 fully saturated rings. The highest BCUT2D eigenvalue weighted by molar-refractivity contribution is 6.24. The molecule has 0 aromatic heterocycles. The maximum absolute atomic E-state index is 13.1. The van der Waals surface area contributed by atoms with Gasteiger partial charge in [0.2, 0.25) is 0 Å². The van der Waals surface area contributed by atoms with Gasteiger partial charge in [-0.05, 0) is 55.2 Å². The van der Waals surface area contributed by atoms with Crippen molar-refractivity contribution in [3.63, 3.8) is 0 Å². The third-order valence-corrected chi connectivity index (χ3v) is 6.24. The van der Waals surface area contributed by atoms with Gasteiger partial charge in [-0.15, -0.1) is 0 Å². The van der Waals surface area contributed by atoms with Crippen LogP contribution in [-0.2, 0) is 0 Å². The third kappa shape index (κ3) is 3.73. The lowest BCUT2D eigenvalue weighted by Crippen LogP contribution is -2.20. The summed E-state index contributed by atoms with van der Waals surface area (Å²) in [6.45, 7) is 5.93. The van der Waals surface area contributed by atoms with Crippen molar-refractivity contribution in [3.8, 4) is 11.1 Å². The van der Waals surface area contributed by atoms with Crippen molar-refractivity contribution >= 4 is 17.4 Å². The number of rotatable bonds is 4. The van der Waals surface area contributed by atoms with Gasteiger partial charge in [0.15, 0.2) is 5.78 Å². The van der Waals surface area contributed by atoms with Gasteiger partial charge in [-0.2, -0.15) is 5.10 Å². The van der Waals surface area contributed by atoms with Gasteiger partial charge in [0.1, 0.15) is 0 Å². The van der Waals surface area contributed by atoms with Crippen LogP contribution in [0.2, 0.25) is 0 Å². The van der Waals surface area contributed by atoms with Gasteiger partial charge in [-0.1, -0.05) is 78.4 Å². The van der Waals surface area contributed by atoms with Crippen molar-refractivity contribution in [1.29, 1.82) is 0 Å². The normalized spacial score (nSPS) is 11.6. The molecule has 1 aliphatic rings. The monoisotopic (exact) mass is 444 g/mol. The average molecular weight is 445 g/mol. The zero-order chi connectivity index (χ0) is 23.8. The van der Waals surface area contributed by atoms with Crippen LogP contribution in [0.5, 0.6) is 0 Å². The second kappa shape index (κ2) is 8.56. The fraction of sp³-hybridized carbons (Fsp3) is 0.100. The highest BCUT2D eigenvalue weighted by Gasteiger charge is 2.24. The molecule has 0 saturated carbocycles. The Labute approximate surface area is 199 Å². The van der Waals surface area contributed by atoms with Crippen molar-refractivity contribution in [3.05, 3.63) is 129 Å². The van der Waals surface area contributed by atoms with Crippen LogP contribution in [-0.4, -0.2) is 17.4 Å². The van der Waals surface area contributed by atoms with Crippen LogP contribution in [0.1, 0.15) is 54.1 Å². The number of ketones is 1. The first-order valence-electron chi connectivity index (χ1n) is 11.2. The van der Waals surface area contributed by atoms with Gasteiger partial charge in [-0.25, -0.2) is 5.43 Å². The van der Waals surface area contributed by atoms with Crippen LogP contribution in [0.3, 0.4) is 0 Å². The molecule has 166 valence electrons. The molecular weight excluding hydrogens is 420 g/mol. The average Bonchev–Trinajstić information content (AvgIpc) is 3.15. The molecule has 4 heteroatoms. The third-order valence-electron chi connectivity index (χ3n) is 6.24. The van der Waals surface area contributed by atoms with Gasteiger partial charge in [-0.3, -0.25) is 9.59 Å². The summed E-state index contributed by atoms with van der Waals surface area (Å²) in [5, 5.41) is 4.47. The second-order valence-corrected chi connectivity index (χ2v) is 8.67. The van der Waals surface area contributed by atoms with Crippen molar-refractivity contribution in [2.24, 2.45) is 5.10 Å². The Morgan fingerprint density at radius 3 is 1.65 bits per heavy atom. The van der Waals surface area contributed by atoms with Gasteiger partial charge in [0.05, 0.1) is 5.71 Å². The van der Waals surface area contributed by atoms with Crippen LogP contribution in [0.25, 0.3) is 11.1 Å². The zero-order valence-corrected chi connectivity index (χ0v) is 19.3. The van der Waals surface area contributed by atoms with Crippen LogP contribution in [0.15, 0.2) is 90.0 Å². The molecule has 1 amide bonds. The molecule has 0 unspecified atom stereocenters. The van der Waals surface area contributed by atoms with Gasteiger partial charge in [0.25, 0.3) is 5.91 Å². The summed E-state index contributed by atoms with van der Waals surface area (Å²) in [6.07, 6.45) is 0. The van der Waals surface area contributed by atoms with E-state index in [1.807, 2.05) is 69.3 Å². The number of amides is 1. The predicted octanol–water partition coefficient (Wildman–Crippen LogP) is 6.01. The van der Waals surface area contributed by atoms with Crippen LogP contribution in [0, 0.1) is 20.8 Å². The number of hydrazone groups is 1. The Kier molecular flexibility index (Phi) is 5.42. The summed E-state index contributed by atoms with van der Waals surface area (Å²) in [5.74, 6) is -0.363. The maximum Gasteiger partial charge on any atom is 0.271 e. The Morgan fingerprint density at radius 2 is 1.12 bits per heavy atom. The molecule has 0 radical (unpaired) electrons. The Morgan fingerprint density at radius 1 is 0.647 bits per heavy atom. The molecule has 4 aromatic rings. The standard InChI is InChI=1S/C30H24N2O2/c1-18-16-19(2)27(20(3)17-18)29(33)21-12-14-22(15-13-21)30(34)32-31-28-25-10-6-4-8-23(25)24-9-5-7-11-26(24)28/h4-17H,1-3H3,(H,32,34). The number of hydrogen-bond donors (Lipinski definition) is 1. The predicted molar refractivity (Wildman–Crippen MR) is 136 cm³/mol. The minimum atomic E-state index is -0.323. The Hall–Kier alpha value is -4.31. The maximum atomic E-state index is 13.1. The van der Waals surface area contributed by atoms with E-state index >= 15 is 0 Å². The molecule has 4 aromatic carbocycles. The van der Waals surface area contributed by atoms with E-state index < -0.39 is 0 Å². The summed E-state index contributed by atoms with van der Waals surface area (Å²) in [6, 6.07) is 26.8. The number of carbonyl (C=O) groups is 2. The molecular formula is C30H24N2O2. The molecule has 1 N–H and O–H groups in total. The van der Waals surface area contributed by atoms with Crippen LogP contribution in [0.4, 0.5) is 0 Å². The first kappa shape index (κ1) is 21.5. The van der Waals surface area contributed by atoms with Gasteiger partial charge >= 0.3 is 0 Å². The topological polar surface area (TPSA) is 58.5 Å². The van der Waals surface area contributed by atoms with Gasteiger partial charge in [0, 0.05) is 27.8 Å². The van der Waals surface area contributed by atoms with Crippen molar-refractivity contribution in [2.75, 3.05) is 0 Å². The highest BCUT2D eigenvalue weighted by Crippen LogP contribution is 2.36. The molecule has 0 atom stereocenters. The van der Waals surface area contributed by atoms with E-state index in [4.69, 9.17) is 0 Å². The lowest BCUT2D eigenvalue weighted by Gasteiger charge is -2.11. The van der Waals surface area contributed by atoms with Crippen LogP contribution < -0.4 is 5.43 Å². The fourth-order valence-corrected chi connectivity index (χ4v) is 4.74. The summed E-state index contributed by atoms with van der Waals surface area (Å²) in [5.41, 5.74) is 12.4. The van der Waals surface area contributed by atoms with E-state index in [-0.39, 0.29) is 11.7 Å². The summed E-state index contributed by atoms with van der Waals surface area (Å²) in [7, 11) is 0. The number of hydrogen-bond acceptors (Lipinski definition) is 3. The van der Waals surface area contributed by atoms with Crippen molar-refractivity contribution in [1.82, 2.24) is 5.43 Å². The quantitative estimate of drug-likeness (QED) is 0.273. The SMILES string of the molecule is Cc1cc(C)c(C(=O)c2ccc(C(=O)NN=C3c4ccccc4-c4ccccc43)cc2)c(C)c1. The summed E-state index contributed by atoms with van der Waals surface area (Å²) in [4.78, 5) is 25.9. The minimum Gasteiger partial charge on any atom is -0.289 e. The number of nitrogens with one attached hydrogen (secondary N) is 1. The lowest BCUT2D eigenvalue weighted by molar-refractivity contribution is 0.0953. The lowest BCUT2D eigenvalue weighted by atomic mass is 9.93. The van der Waals surface area contributed by atoms with Gasteiger partial charge < -0.3 is 0 Å². The summed E-state index contributed by atoms with van der Waals surface area (Å²) >= 11 is 0. The molecule has 0 bridgehead atoms. The van der Waals surface area contributed by atoms with E-state index in [9.17, 15) is 9.59 Å². The largest absolute Gasteiger partial charge is 0.289 e. The van der Waals surface area contributed by atoms with E-state index in [1.54, 1.807) is 24.3 Å². The zero-order valence-electron chi connectivity index (χ0n) is 19.3. The van der Waals surface area contributed by atoms with E-state index in [0.29, 0.717) is 16.7 Å². The second-order valence-electron chi connectivity index (χ2n) is 8.67. The molecule has 34 heavy (non-hydrogen) atoms. The molecule has 5 rings (SSSR count). The number of benzene rings is 4. The van der Waals surface area contributed by atoms with Crippen molar-refractivity contribution < 1.29 is 9.59 Å². The van der Waals surface area contributed by atoms with E-state index in [0.717, 1.165) is 44.7 Å². The molecule has 0 spiro atoms. The fourth-order valence-electron chi connectivity index (χ4n) is 4.74. The van der Waals surface area contributed by atoms with E-state index in [2.05, 4.69) is 22.7 Å². The van der Waals surface area contributed by atoms with E-state index in [1.165, 1.54) is 0 Å². The number of aryl methyl sites for hydroxylation is 3. The molecule has 0 heterocycles. The molecule has 1 aliphatic carbocycles. The Bertz CT molecular complexity index is 1410. The number of fused-ring (bicyclic) bond motifs is 3. The van der Waals surface area contributed by atoms with Crippen molar-refractivity contribution in [2.45, 2.75) is 20.8 Å². The summed E-state index contributed by atoms with van der Waals surface area (Å²) < 4.78 is 0. The minimum absolute atomic E-state index is 0.0404. The highest BCUT2D eigenvalue weighted by atomic mass is 16.2. The number of carbonyl (C=O) groups excluding carboxylic acids is 2. The number of nitrogens with zero attached hydrogens (tertiary/aromatic N) is 1. The first-order chi connectivity index (χ1) is 16.4. The smallest absolute Gasteiger partial charge is 0.271 e. The van der Waals surface area contributed by atoms with Crippen LogP contribution >= 0.6 is 0 Å². The molecule has 0 aliphatic heterocycles. The Balaban J connectivity index is 1.38. The molecule has 4 nitrogen and oxygen atoms in total. The molecule has 0 saturated heterocycles. The first-order valence-corrected chi connectivity index (χ1v) is 11.2.